The van der Waals surface area contributed by atoms with E-state index in [0.29, 0.717) is 0 Å². The molecule has 0 saturated heterocycles. The van der Waals surface area contributed by atoms with Crippen LogP contribution in [-0.2, 0) is 4.74 Å². The summed E-state index contributed by atoms with van der Waals surface area (Å²) in [6.45, 7) is 5.47. The number of anilines is 1. The summed E-state index contributed by atoms with van der Waals surface area (Å²) in [4.78, 5) is 11.6. The minimum Gasteiger partial charge on any atom is -0.443 e. The Kier molecular flexibility index (Phi) is 4.48. The predicted molar refractivity (Wildman–Crippen MR) is 84.9 cm³/mol. The van der Waals surface area contributed by atoms with Gasteiger partial charge >= 0.3 is 6.09 Å². The first-order valence-corrected chi connectivity index (χ1v) is 6.84. The zero-order valence-electron chi connectivity index (χ0n) is 12.5. The van der Waals surface area contributed by atoms with Crippen LogP contribution in [-0.4, -0.2) is 11.7 Å². The minimum absolute atomic E-state index is 0.507. The quantitative estimate of drug-likeness (QED) is 0.830. The molecule has 0 saturated carbocycles. The summed E-state index contributed by atoms with van der Waals surface area (Å²) in [5, 5.41) is 0. The van der Waals surface area contributed by atoms with Gasteiger partial charge in [0.15, 0.2) is 0 Å². The van der Waals surface area contributed by atoms with E-state index in [0.717, 1.165) is 16.8 Å². The summed E-state index contributed by atoms with van der Waals surface area (Å²) in [5.41, 5.74) is 7.85. The molecule has 2 aromatic rings. The first-order valence-electron chi connectivity index (χ1n) is 6.84. The lowest BCUT2D eigenvalue weighted by Gasteiger charge is -2.20. The molecule has 4 nitrogen and oxygen atoms in total. The second-order valence-corrected chi connectivity index (χ2v) is 5.70. The summed E-state index contributed by atoms with van der Waals surface area (Å²) >= 11 is 0. The zero-order chi connectivity index (χ0) is 15.3. The Labute approximate surface area is 125 Å². The van der Waals surface area contributed by atoms with Crippen LogP contribution in [0.25, 0.3) is 11.1 Å². The number of rotatable bonds is 3. The highest BCUT2D eigenvalue weighted by Gasteiger charge is 2.15. The fourth-order valence-electron chi connectivity index (χ4n) is 1.83. The largest absolute Gasteiger partial charge is 0.443 e. The summed E-state index contributed by atoms with van der Waals surface area (Å²) in [6.07, 6.45) is -0.507. The minimum atomic E-state index is -0.516. The van der Waals surface area contributed by atoms with Gasteiger partial charge < -0.3 is 4.74 Å². The van der Waals surface area contributed by atoms with Crippen LogP contribution in [0.4, 0.5) is 10.5 Å². The molecule has 0 aromatic heterocycles. The number of carbonyl (C=O) groups excluding carboxylic acids is 1. The van der Waals surface area contributed by atoms with E-state index >= 15 is 0 Å². The van der Waals surface area contributed by atoms with E-state index in [4.69, 9.17) is 4.74 Å². The second kappa shape index (κ2) is 6.31. The van der Waals surface area contributed by atoms with Crippen molar-refractivity contribution in [2.45, 2.75) is 26.4 Å². The standard InChI is InChI=1S/C17H20N2O2/c1-17(2,3)21-16(20)19-18-15-11-7-10-14(12-15)13-8-5-4-6-9-13/h4-12,18H,1-3H3,(H,19,20). The lowest BCUT2D eigenvalue weighted by Crippen LogP contribution is -2.35. The molecule has 4 heteroatoms. The number of hydrogen-bond donors (Lipinski definition) is 2. The van der Waals surface area contributed by atoms with Crippen molar-refractivity contribution < 1.29 is 9.53 Å². The van der Waals surface area contributed by atoms with Gasteiger partial charge in [-0.1, -0.05) is 42.5 Å². The Morgan fingerprint density at radius 3 is 2.29 bits per heavy atom. The van der Waals surface area contributed by atoms with Crippen LogP contribution >= 0.6 is 0 Å². The van der Waals surface area contributed by atoms with Crippen LogP contribution < -0.4 is 10.9 Å². The molecule has 0 bridgehead atoms. The van der Waals surface area contributed by atoms with Gasteiger partial charge in [-0.25, -0.2) is 10.2 Å². The third-order valence-corrected chi connectivity index (χ3v) is 2.68. The molecule has 0 heterocycles. The molecule has 1 amide bonds. The Morgan fingerprint density at radius 1 is 0.952 bits per heavy atom. The molecule has 0 aliphatic heterocycles. The lowest BCUT2D eigenvalue weighted by atomic mass is 10.1. The molecular formula is C17H20N2O2. The molecule has 2 N–H and O–H groups in total. The number of benzene rings is 2. The first-order chi connectivity index (χ1) is 9.94. The highest BCUT2D eigenvalue weighted by Crippen LogP contribution is 2.21. The normalized spacial score (nSPS) is 10.8. The molecule has 2 aromatic carbocycles. The zero-order valence-corrected chi connectivity index (χ0v) is 12.5. The fraction of sp³-hybridized carbons (Fsp3) is 0.235. The maximum Gasteiger partial charge on any atom is 0.426 e. The van der Waals surface area contributed by atoms with Gasteiger partial charge in [-0.2, -0.15) is 0 Å². The summed E-state index contributed by atoms with van der Waals surface area (Å²) < 4.78 is 5.16. The van der Waals surface area contributed by atoms with E-state index in [1.54, 1.807) is 0 Å². The molecule has 0 spiro atoms. The maximum absolute atomic E-state index is 11.6. The van der Waals surface area contributed by atoms with Gasteiger partial charge in [0.25, 0.3) is 0 Å². The number of hydrogen-bond acceptors (Lipinski definition) is 3. The van der Waals surface area contributed by atoms with Crippen LogP contribution in [0.3, 0.4) is 0 Å². The van der Waals surface area contributed by atoms with Crippen LogP contribution in [0.2, 0.25) is 0 Å². The molecule has 0 radical (unpaired) electrons. The van der Waals surface area contributed by atoms with Crippen LogP contribution in [0, 0.1) is 0 Å². The van der Waals surface area contributed by atoms with E-state index in [1.165, 1.54) is 0 Å². The van der Waals surface area contributed by atoms with Gasteiger partial charge in [-0.15, -0.1) is 0 Å². The van der Waals surface area contributed by atoms with Crippen LogP contribution in [0.5, 0.6) is 0 Å². The monoisotopic (exact) mass is 284 g/mol. The topological polar surface area (TPSA) is 50.4 Å². The predicted octanol–water partition coefficient (Wildman–Crippen LogP) is 4.21. The SMILES string of the molecule is CC(C)(C)OC(=O)NNc1cccc(-c2ccccc2)c1. The third kappa shape index (κ3) is 4.84. The molecular weight excluding hydrogens is 264 g/mol. The molecule has 0 aliphatic rings. The highest BCUT2D eigenvalue weighted by molar-refractivity contribution is 5.72. The average molecular weight is 284 g/mol. The van der Waals surface area contributed by atoms with Crippen molar-refractivity contribution >= 4 is 11.8 Å². The Bertz CT molecular complexity index is 604. The Balaban J connectivity index is 2.01. The molecule has 2 rings (SSSR count). The highest BCUT2D eigenvalue weighted by atomic mass is 16.6. The second-order valence-electron chi connectivity index (χ2n) is 5.70. The molecule has 0 unspecified atom stereocenters. The summed E-state index contributed by atoms with van der Waals surface area (Å²) in [5.74, 6) is 0. The maximum atomic E-state index is 11.6. The molecule has 0 fully saturated rings. The van der Waals surface area contributed by atoms with Crippen molar-refractivity contribution in [3.8, 4) is 11.1 Å². The van der Waals surface area contributed by atoms with Crippen molar-refractivity contribution in [3.05, 3.63) is 54.6 Å². The fourth-order valence-corrected chi connectivity index (χ4v) is 1.83. The third-order valence-electron chi connectivity index (χ3n) is 2.68. The van der Waals surface area contributed by atoms with E-state index in [-0.39, 0.29) is 0 Å². The van der Waals surface area contributed by atoms with E-state index < -0.39 is 11.7 Å². The summed E-state index contributed by atoms with van der Waals surface area (Å²) in [6, 6.07) is 17.9. The van der Waals surface area contributed by atoms with Crippen molar-refractivity contribution in [1.82, 2.24) is 5.43 Å². The first kappa shape index (κ1) is 14.9. The van der Waals surface area contributed by atoms with Crippen molar-refractivity contribution in [3.63, 3.8) is 0 Å². The number of carbonyl (C=O) groups is 1. The van der Waals surface area contributed by atoms with Crippen LogP contribution in [0.1, 0.15) is 20.8 Å². The van der Waals surface area contributed by atoms with Gasteiger partial charge in [0, 0.05) is 0 Å². The van der Waals surface area contributed by atoms with E-state index in [1.807, 2.05) is 75.4 Å². The Hall–Kier alpha value is -2.49. The van der Waals surface area contributed by atoms with E-state index in [2.05, 4.69) is 10.9 Å². The molecule has 0 atom stereocenters. The molecule has 21 heavy (non-hydrogen) atoms. The van der Waals surface area contributed by atoms with Crippen molar-refractivity contribution in [1.29, 1.82) is 0 Å². The van der Waals surface area contributed by atoms with Gasteiger partial charge in [-0.3, -0.25) is 5.43 Å². The van der Waals surface area contributed by atoms with Gasteiger partial charge in [0.1, 0.15) is 5.60 Å². The number of nitrogens with one attached hydrogen (secondary N) is 2. The number of hydrazine groups is 1. The van der Waals surface area contributed by atoms with Gasteiger partial charge in [-0.05, 0) is 44.0 Å². The van der Waals surface area contributed by atoms with Crippen LogP contribution in [0.15, 0.2) is 54.6 Å². The number of ether oxygens (including phenoxy) is 1. The molecule has 110 valence electrons. The van der Waals surface area contributed by atoms with Gasteiger partial charge in [0.2, 0.25) is 0 Å². The summed E-state index contributed by atoms with van der Waals surface area (Å²) in [7, 11) is 0. The number of amides is 1. The smallest absolute Gasteiger partial charge is 0.426 e. The average Bonchev–Trinajstić information content (AvgIpc) is 2.45. The molecule has 0 aliphatic carbocycles. The van der Waals surface area contributed by atoms with E-state index in [9.17, 15) is 4.79 Å². The van der Waals surface area contributed by atoms with Crippen molar-refractivity contribution in [2.24, 2.45) is 0 Å². The lowest BCUT2D eigenvalue weighted by molar-refractivity contribution is 0.0541. The van der Waals surface area contributed by atoms with Gasteiger partial charge in [0.05, 0.1) is 5.69 Å². The Morgan fingerprint density at radius 2 is 1.62 bits per heavy atom. The van der Waals surface area contributed by atoms with Crippen molar-refractivity contribution in [2.75, 3.05) is 5.43 Å².